The number of aliphatic imine (C=N–C) groups is 1. The number of ether oxygens (including phenoxy) is 2. The number of carbonyl (C=O) groups excluding carboxylic acids is 1. The normalized spacial score (nSPS) is 14.6. The highest BCUT2D eigenvalue weighted by Gasteiger charge is 2.26. The third-order valence-corrected chi connectivity index (χ3v) is 5.47. The smallest absolute Gasteiger partial charge is 0.363 e. The highest BCUT2D eigenvalue weighted by atomic mass is 127. The van der Waals surface area contributed by atoms with Gasteiger partial charge in [-0.25, -0.2) is 9.79 Å². The number of halogens is 2. The summed E-state index contributed by atoms with van der Waals surface area (Å²) in [5.41, 5.74) is 3.79. The van der Waals surface area contributed by atoms with Gasteiger partial charge in [-0.2, -0.15) is 0 Å². The van der Waals surface area contributed by atoms with Crippen molar-refractivity contribution in [2.45, 2.75) is 13.5 Å². The molecule has 0 spiro atoms. The second-order valence-electron chi connectivity index (χ2n) is 6.78. The zero-order valence-corrected chi connectivity index (χ0v) is 19.0. The molecule has 4 rings (SSSR count). The molecule has 0 saturated heterocycles. The van der Waals surface area contributed by atoms with Crippen LogP contribution >= 0.6 is 34.2 Å². The maximum absolute atomic E-state index is 12.4. The fourth-order valence-corrected chi connectivity index (χ4v) is 3.72. The van der Waals surface area contributed by atoms with Gasteiger partial charge in [0.15, 0.2) is 5.70 Å². The Balaban J connectivity index is 1.61. The summed E-state index contributed by atoms with van der Waals surface area (Å²) in [5.74, 6) is 0.344. The Labute approximate surface area is 193 Å². The molecule has 0 saturated carbocycles. The van der Waals surface area contributed by atoms with Crippen molar-refractivity contribution in [2.75, 3.05) is 0 Å². The van der Waals surface area contributed by atoms with Gasteiger partial charge in [-0.3, -0.25) is 0 Å². The SMILES string of the molecule is Cc1cccc(COc2ccccc2/C=C2\N=C(c3cc(I)ccc3Cl)OC2=O)c1. The van der Waals surface area contributed by atoms with E-state index in [0.29, 0.717) is 22.9 Å². The maximum Gasteiger partial charge on any atom is 0.363 e. The second kappa shape index (κ2) is 9.02. The molecule has 0 fully saturated rings. The Morgan fingerprint density at radius 1 is 1.10 bits per heavy atom. The molecule has 3 aromatic carbocycles. The highest BCUT2D eigenvalue weighted by Crippen LogP contribution is 2.28. The average Bonchev–Trinajstić information content (AvgIpc) is 3.09. The standard InChI is InChI=1S/C24H17ClINO3/c1-15-5-4-6-16(11-15)14-29-22-8-3-2-7-17(22)12-21-24(28)30-23(27-21)19-13-18(26)9-10-20(19)25/h2-13H,14H2,1H3/b21-12-. The van der Waals surface area contributed by atoms with Crippen molar-refractivity contribution in [3.05, 3.63) is 103 Å². The lowest BCUT2D eigenvalue weighted by molar-refractivity contribution is -0.129. The molecule has 150 valence electrons. The van der Waals surface area contributed by atoms with Gasteiger partial charge < -0.3 is 9.47 Å². The molecule has 0 atom stereocenters. The van der Waals surface area contributed by atoms with E-state index in [9.17, 15) is 4.79 Å². The number of cyclic esters (lactones) is 1. The third kappa shape index (κ3) is 4.74. The number of nitrogens with zero attached hydrogens (tertiary/aromatic N) is 1. The van der Waals surface area contributed by atoms with Crippen molar-refractivity contribution in [2.24, 2.45) is 4.99 Å². The largest absolute Gasteiger partial charge is 0.488 e. The Morgan fingerprint density at radius 2 is 1.93 bits per heavy atom. The van der Waals surface area contributed by atoms with Crippen molar-refractivity contribution < 1.29 is 14.3 Å². The summed E-state index contributed by atoms with van der Waals surface area (Å²) in [7, 11) is 0. The summed E-state index contributed by atoms with van der Waals surface area (Å²) >= 11 is 8.43. The van der Waals surface area contributed by atoms with E-state index in [-0.39, 0.29) is 11.6 Å². The minimum atomic E-state index is -0.520. The van der Waals surface area contributed by atoms with Gasteiger partial charge in [0, 0.05) is 9.13 Å². The molecule has 1 heterocycles. The van der Waals surface area contributed by atoms with Crippen LogP contribution in [0.25, 0.3) is 6.08 Å². The van der Waals surface area contributed by atoms with Crippen LogP contribution in [0.5, 0.6) is 5.75 Å². The lowest BCUT2D eigenvalue weighted by atomic mass is 10.1. The third-order valence-electron chi connectivity index (χ3n) is 4.47. The van der Waals surface area contributed by atoms with Crippen molar-refractivity contribution >= 4 is 52.1 Å². The number of hydrogen-bond donors (Lipinski definition) is 0. The molecule has 0 unspecified atom stereocenters. The highest BCUT2D eigenvalue weighted by molar-refractivity contribution is 14.1. The van der Waals surface area contributed by atoms with Crippen molar-refractivity contribution in [3.8, 4) is 5.75 Å². The second-order valence-corrected chi connectivity index (χ2v) is 8.43. The number of esters is 1. The summed E-state index contributed by atoms with van der Waals surface area (Å²) in [4.78, 5) is 16.8. The van der Waals surface area contributed by atoms with E-state index in [0.717, 1.165) is 14.7 Å². The van der Waals surface area contributed by atoms with Gasteiger partial charge in [0.05, 0.1) is 10.6 Å². The van der Waals surface area contributed by atoms with Crippen molar-refractivity contribution in [1.82, 2.24) is 0 Å². The number of benzene rings is 3. The molecule has 6 heteroatoms. The molecule has 4 nitrogen and oxygen atoms in total. The van der Waals surface area contributed by atoms with Crippen LogP contribution in [0.2, 0.25) is 5.02 Å². The van der Waals surface area contributed by atoms with Crippen LogP contribution in [-0.4, -0.2) is 11.9 Å². The molecule has 0 bridgehead atoms. The van der Waals surface area contributed by atoms with Crippen LogP contribution in [0.4, 0.5) is 0 Å². The summed E-state index contributed by atoms with van der Waals surface area (Å²) in [6.45, 7) is 2.47. The summed E-state index contributed by atoms with van der Waals surface area (Å²) in [6, 6.07) is 21.1. The molecular formula is C24H17ClINO3. The fraction of sp³-hybridized carbons (Fsp3) is 0.0833. The minimum Gasteiger partial charge on any atom is -0.488 e. The summed E-state index contributed by atoms with van der Waals surface area (Å²) < 4.78 is 12.3. The van der Waals surface area contributed by atoms with Crippen molar-refractivity contribution in [3.63, 3.8) is 0 Å². The van der Waals surface area contributed by atoms with Crippen molar-refractivity contribution in [1.29, 1.82) is 0 Å². The summed E-state index contributed by atoms with van der Waals surface area (Å²) in [5, 5.41) is 0.477. The molecule has 30 heavy (non-hydrogen) atoms. The van der Waals surface area contributed by atoms with Gasteiger partial charge in [0.2, 0.25) is 5.90 Å². The average molecular weight is 530 g/mol. The first-order valence-corrected chi connectivity index (χ1v) is 10.7. The molecular weight excluding hydrogens is 513 g/mol. The van der Waals surface area contributed by atoms with Crippen LogP contribution < -0.4 is 4.74 Å². The van der Waals surface area contributed by atoms with Gasteiger partial charge in [-0.05, 0) is 65.4 Å². The fourth-order valence-electron chi connectivity index (χ4n) is 3.03. The predicted octanol–water partition coefficient (Wildman–Crippen LogP) is 6.18. The first-order valence-electron chi connectivity index (χ1n) is 9.25. The topological polar surface area (TPSA) is 47.9 Å². The first-order chi connectivity index (χ1) is 14.5. The minimum absolute atomic E-state index is 0.200. The molecule has 1 aliphatic rings. The van der Waals surface area contributed by atoms with Gasteiger partial charge in [0.25, 0.3) is 0 Å². The van der Waals surface area contributed by atoms with E-state index >= 15 is 0 Å². The van der Waals surface area contributed by atoms with E-state index in [2.05, 4.69) is 33.6 Å². The van der Waals surface area contributed by atoms with Gasteiger partial charge >= 0.3 is 5.97 Å². The lowest BCUT2D eigenvalue weighted by Gasteiger charge is -2.09. The molecule has 0 aliphatic carbocycles. The number of aryl methyl sites for hydroxylation is 1. The van der Waals surface area contributed by atoms with E-state index in [1.807, 2.05) is 61.5 Å². The Hall–Kier alpha value is -2.64. The molecule has 3 aromatic rings. The van der Waals surface area contributed by atoms with Gasteiger partial charge in [-0.15, -0.1) is 0 Å². The maximum atomic E-state index is 12.4. The zero-order valence-electron chi connectivity index (χ0n) is 16.1. The van der Waals surface area contributed by atoms with Crippen LogP contribution in [0.1, 0.15) is 22.3 Å². The molecule has 1 aliphatic heterocycles. The Morgan fingerprint density at radius 3 is 2.77 bits per heavy atom. The Bertz CT molecular complexity index is 1190. The molecule has 0 N–H and O–H groups in total. The number of rotatable bonds is 5. The lowest BCUT2D eigenvalue weighted by Crippen LogP contribution is -2.06. The number of carbonyl (C=O) groups is 1. The predicted molar refractivity (Wildman–Crippen MR) is 127 cm³/mol. The van der Waals surface area contributed by atoms with E-state index in [1.54, 1.807) is 12.1 Å². The molecule has 0 radical (unpaired) electrons. The number of para-hydroxylation sites is 1. The van der Waals surface area contributed by atoms with E-state index in [1.165, 1.54) is 5.56 Å². The van der Waals surface area contributed by atoms with Crippen LogP contribution in [0.3, 0.4) is 0 Å². The monoisotopic (exact) mass is 529 g/mol. The van der Waals surface area contributed by atoms with E-state index in [4.69, 9.17) is 21.1 Å². The molecule has 0 aromatic heterocycles. The zero-order chi connectivity index (χ0) is 21.1. The summed E-state index contributed by atoms with van der Waals surface area (Å²) in [6.07, 6.45) is 1.67. The Kier molecular flexibility index (Phi) is 6.20. The quantitative estimate of drug-likeness (QED) is 0.225. The molecule has 0 amide bonds. The van der Waals surface area contributed by atoms with Crippen LogP contribution in [-0.2, 0) is 16.1 Å². The van der Waals surface area contributed by atoms with Crippen LogP contribution in [0.15, 0.2) is 77.4 Å². The van der Waals surface area contributed by atoms with Gasteiger partial charge in [0.1, 0.15) is 12.4 Å². The first kappa shape index (κ1) is 20.6. The number of hydrogen-bond acceptors (Lipinski definition) is 4. The van der Waals surface area contributed by atoms with E-state index < -0.39 is 5.97 Å². The van der Waals surface area contributed by atoms with Gasteiger partial charge in [-0.1, -0.05) is 59.6 Å². The van der Waals surface area contributed by atoms with Crippen LogP contribution in [0, 0.1) is 10.5 Å².